The average Bonchev–Trinajstić information content (AvgIpc) is 2.40. The molecular formula is C14H16O3S. The van der Waals surface area contributed by atoms with Crippen LogP contribution in [-0.2, 0) is 14.6 Å². The highest BCUT2D eigenvalue weighted by molar-refractivity contribution is 7.94. The third-order valence-electron chi connectivity index (χ3n) is 2.67. The Kier molecular flexibility index (Phi) is 3.76. The molecule has 1 aromatic carbocycles. The van der Waals surface area contributed by atoms with E-state index in [9.17, 15) is 8.42 Å². The number of benzene rings is 1. The van der Waals surface area contributed by atoms with Gasteiger partial charge in [0.1, 0.15) is 6.10 Å². The number of ether oxygens (including phenoxy) is 1. The van der Waals surface area contributed by atoms with Gasteiger partial charge in [0, 0.05) is 0 Å². The van der Waals surface area contributed by atoms with Gasteiger partial charge >= 0.3 is 0 Å². The second-order valence-corrected chi connectivity index (χ2v) is 5.90. The van der Waals surface area contributed by atoms with Crippen molar-refractivity contribution >= 4 is 9.84 Å². The van der Waals surface area contributed by atoms with E-state index in [0.717, 1.165) is 24.7 Å². The van der Waals surface area contributed by atoms with Crippen molar-refractivity contribution in [3.63, 3.8) is 0 Å². The minimum atomic E-state index is -3.45. The topological polar surface area (TPSA) is 43.4 Å². The van der Waals surface area contributed by atoms with Crippen LogP contribution in [-0.4, -0.2) is 14.5 Å². The SMILES string of the molecule is [2H]C1=CC(O/C=C/S(=O)(=O)c2ccccc2)CCC1. The van der Waals surface area contributed by atoms with E-state index < -0.39 is 9.84 Å². The van der Waals surface area contributed by atoms with Crippen LogP contribution in [0.1, 0.15) is 20.6 Å². The quantitative estimate of drug-likeness (QED) is 0.620. The molecule has 1 unspecified atom stereocenters. The second kappa shape index (κ2) is 5.87. The molecule has 0 saturated carbocycles. The molecule has 1 atom stereocenters. The monoisotopic (exact) mass is 265 g/mol. The minimum absolute atomic E-state index is 0.191. The van der Waals surface area contributed by atoms with E-state index in [1.54, 1.807) is 36.4 Å². The van der Waals surface area contributed by atoms with Gasteiger partial charge in [-0.3, -0.25) is 0 Å². The van der Waals surface area contributed by atoms with Crippen molar-refractivity contribution in [1.82, 2.24) is 0 Å². The maximum Gasteiger partial charge on any atom is 0.202 e. The molecule has 1 aliphatic rings. The van der Waals surface area contributed by atoms with Gasteiger partial charge in [-0.15, -0.1) is 0 Å². The zero-order valence-electron chi connectivity index (χ0n) is 11.0. The van der Waals surface area contributed by atoms with E-state index in [2.05, 4.69) is 0 Å². The summed E-state index contributed by atoms with van der Waals surface area (Å²) >= 11 is 0. The largest absolute Gasteiger partial charge is 0.493 e. The van der Waals surface area contributed by atoms with Gasteiger partial charge in [-0.25, -0.2) is 8.42 Å². The summed E-state index contributed by atoms with van der Waals surface area (Å²) in [6.45, 7) is 0. The van der Waals surface area contributed by atoms with E-state index in [0.29, 0.717) is 6.05 Å². The van der Waals surface area contributed by atoms with Crippen LogP contribution in [0.2, 0.25) is 0 Å². The summed E-state index contributed by atoms with van der Waals surface area (Å²) < 4.78 is 36.7. The van der Waals surface area contributed by atoms with Crippen molar-refractivity contribution in [3.05, 3.63) is 54.1 Å². The molecule has 0 radical (unpaired) electrons. The first kappa shape index (κ1) is 11.5. The molecule has 0 amide bonds. The van der Waals surface area contributed by atoms with Crippen molar-refractivity contribution in [2.24, 2.45) is 0 Å². The van der Waals surface area contributed by atoms with Gasteiger partial charge in [-0.05, 0) is 37.5 Å². The molecular weight excluding hydrogens is 248 g/mol. The van der Waals surface area contributed by atoms with Crippen LogP contribution >= 0.6 is 0 Å². The highest BCUT2D eigenvalue weighted by Gasteiger charge is 2.10. The number of hydrogen-bond acceptors (Lipinski definition) is 3. The molecule has 1 aromatic rings. The molecule has 1 aliphatic carbocycles. The smallest absolute Gasteiger partial charge is 0.202 e. The average molecular weight is 265 g/mol. The van der Waals surface area contributed by atoms with E-state index in [1.807, 2.05) is 0 Å². The Balaban J connectivity index is 2.01. The van der Waals surface area contributed by atoms with Gasteiger partial charge in [-0.1, -0.05) is 24.3 Å². The van der Waals surface area contributed by atoms with Crippen LogP contribution in [0.4, 0.5) is 0 Å². The summed E-state index contributed by atoms with van der Waals surface area (Å²) in [5, 5.41) is 1.06. The van der Waals surface area contributed by atoms with Crippen LogP contribution in [0.15, 0.2) is 59.0 Å². The molecule has 96 valence electrons. The first-order chi connectivity index (χ1) is 9.08. The lowest BCUT2D eigenvalue weighted by Crippen LogP contribution is -2.09. The molecule has 0 bridgehead atoms. The van der Waals surface area contributed by atoms with Gasteiger partial charge in [-0.2, -0.15) is 0 Å². The van der Waals surface area contributed by atoms with Gasteiger partial charge in [0.2, 0.25) is 9.84 Å². The zero-order chi connectivity index (χ0) is 13.7. The van der Waals surface area contributed by atoms with Crippen LogP contribution in [0, 0.1) is 0 Å². The van der Waals surface area contributed by atoms with Gasteiger partial charge in [0.15, 0.2) is 0 Å². The van der Waals surface area contributed by atoms with Crippen molar-refractivity contribution < 1.29 is 14.5 Å². The standard InChI is InChI=1S/C14H16O3S/c15-18(16,14-9-5-2-6-10-14)12-11-17-13-7-3-1-4-8-13/h2-3,5-7,9-13H,1,4,8H2/b12-11+/i3D. The van der Waals surface area contributed by atoms with Gasteiger partial charge < -0.3 is 4.74 Å². The lowest BCUT2D eigenvalue weighted by atomic mass is 10.1. The number of allylic oxidation sites excluding steroid dienone is 1. The van der Waals surface area contributed by atoms with Crippen LogP contribution in [0.25, 0.3) is 0 Å². The molecule has 0 aliphatic heterocycles. The van der Waals surface area contributed by atoms with Crippen molar-refractivity contribution in [2.75, 3.05) is 0 Å². The Hall–Kier alpha value is -1.55. The van der Waals surface area contributed by atoms with E-state index >= 15 is 0 Å². The number of sulfone groups is 1. The fourth-order valence-corrected chi connectivity index (χ4v) is 2.61. The highest BCUT2D eigenvalue weighted by Crippen LogP contribution is 2.15. The molecule has 0 heterocycles. The molecule has 3 nitrogen and oxygen atoms in total. The fraction of sp³-hybridized carbons (Fsp3) is 0.286. The third kappa shape index (κ3) is 3.47. The number of hydrogen-bond donors (Lipinski definition) is 0. The Bertz CT molecular complexity index is 576. The van der Waals surface area contributed by atoms with Crippen LogP contribution in [0.3, 0.4) is 0 Å². The molecule has 0 aromatic heterocycles. The summed E-state index contributed by atoms with van der Waals surface area (Å²) in [5.74, 6) is 0. The molecule has 0 spiro atoms. The van der Waals surface area contributed by atoms with Crippen LogP contribution in [0.5, 0.6) is 0 Å². The van der Waals surface area contributed by atoms with Gasteiger partial charge in [0.05, 0.1) is 17.9 Å². The van der Waals surface area contributed by atoms with E-state index in [1.165, 1.54) is 6.26 Å². The van der Waals surface area contributed by atoms with E-state index in [4.69, 9.17) is 6.11 Å². The van der Waals surface area contributed by atoms with E-state index in [-0.39, 0.29) is 11.0 Å². The Morgan fingerprint density at radius 1 is 1.33 bits per heavy atom. The minimum Gasteiger partial charge on any atom is -0.493 e. The maximum absolute atomic E-state index is 11.9. The molecule has 18 heavy (non-hydrogen) atoms. The predicted molar refractivity (Wildman–Crippen MR) is 70.6 cm³/mol. The molecule has 4 heteroatoms. The third-order valence-corrected chi connectivity index (χ3v) is 4.07. The van der Waals surface area contributed by atoms with Crippen molar-refractivity contribution in [3.8, 4) is 0 Å². The highest BCUT2D eigenvalue weighted by atomic mass is 32.2. The Morgan fingerprint density at radius 3 is 2.83 bits per heavy atom. The van der Waals surface area contributed by atoms with Crippen molar-refractivity contribution in [1.29, 1.82) is 0 Å². The number of rotatable bonds is 4. The summed E-state index contributed by atoms with van der Waals surface area (Å²) in [7, 11) is -3.45. The first-order valence-corrected chi connectivity index (χ1v) is 7.42. The molecule has 0 saturated heterocycles. The zero-order valence-corrected chi connectivity index (χ0v) is 10.8. The fourth-order valence-electron chi connectivity index (χ4n) is 1.71. The molecule has 0 fully saturated rings. The summed E-state index contributed by atoms with van der Waals surface area (Å²) in [4.78, 5) is 0.246. The maximum atomic E-state index is 11.9. The summed E-state index contributed by atoms with van der Waals surface area (Å²) in [6.07, 6.45) is 5.23. The predicted octanol–water partition coefficient (Wildman–Crippen LogP) is 3.06. The van der Waals surface area contributed by atoms with Crippen LogP contribution < -0.4 is 0 Å². The molecule has 0 N–H and O–H groups in total. The summed E-state index contributed by atoms with van der Waals surface area (Å²) in [6, 6.07) is 8.76. The summed E-state index contributed by atoms with van der Waals surface area (Å²) in [5.41, 5.74) is 0. The lowest BCUT2D eigenvalue weighted by molar-refractivity contribution is 0.171. The molecule has 2 rings (SSSR count). The lowest BCUT2D eigenvalue weighted by Gasteiger charge is -2.15. The van der Waals surface area contributed by atoms with Crippen molar-refractivity contribution in [2.45, 2.75) is 30.3 Å². The first-order valence-electron chi connectivity index (χ1n) is 6.37. The van der Waals surface area contributed by atoms with Gasteiger partial charge in [0.25, 0.3) is 0 Å². The normalized spacial score (nSPS) is 21.4. The Labute approximate surface area is 109 Å². The second-order valence-electron chi connectivity index (χ2n) is 4.07. The Morgan fingerprint density at radius 2 is 2.11 bits per heavy atom.